The summed E-state index contributed by atoms with van der Waals surface area (Å²) in [6, 6.07) is 3.40. The summed E-state index contributed by atoms with van der Waals surface area (Å²) in [6.45, 7) is 2.43. The predicted octanol–water partition coefficient (Wildman–Crippen LogP) is 2.22. The van der Waals surface area contributed by atoms with Crippen LogP contribution in [0, 0.1) is 0 Å². The lowest BCUT2D eigenvalue weighted by Crippen LogP contribution is -2.23. The van der Waals surface area contributed by atoms with E-state index in [-0.39, 0.29) is 5.91 Å². The number of ether oxygens (including phenoxy) is 2. The highest BCUT2D eigenvalue weighted by Crippen LogP contribution is 2.33. The van der Waals surface area contributed by atoms with Crippen molar-refractivity contribution in [2.75, 3.05) is 20.8 Å². The highest BCUT2D eigenvalue weighted by molar-refractivity contribution is 9.10. The van der Waals surface area contributed by atoms with Crippen LogP contribution in [0.5, 0.6) is 11.5 Å². The van der Waals surface area contributed by atoms with Crippen molar-refractivity contribution in [3.8, 4) is 11.5 Å². The molecular weight excluding hydrogens is 274 g/mol. The van der Waals surface area contributed by atoms with Gasteiger partial charge in [0.25, 0.3) is 5.91 Å². The second-order valence-corrected chi connectivity index (χ2v) is 3.90. The third-order valence-electron chi connectivity index (χ3n) is 2.04. The highest BCUT2D eigenvalue weighted by atomic mass is 79.9. The van der Waals surface area contributed by atoms with Crippen LogP contribution in [0.1, 0.15) is 17.3 Å². The van der Waals surface area contributed by atoms with E-state index in [9.17, 15) is 4.79 Å². The SMILES string of the molecule is CCNC(=O)c1cc(OC)cc(Br)c1OC. The van der Waals surface area contributed by atoms with E-state index in [0.29, 0.717) is 28.1 Å². The van der Waals surface area contributed by atoms with Crippen LogP contribution in [-0.2, 0) is 0 Å². The maximum absolute atomic E-state index is 11.8. The maximum Gasteiger partial charge on any atom is 0.255 e. The molecule has 0 saturated carbocycles. The van der Waals surface area contributed by atoms with E-state index in [1.165, 1.54) is 7.11 Å². The molecule has 1 aromatic carbocycles. The van der Waals surface area contributed by atoms with E-state index in [1.54, 1.807) is 19.2 Å². The molecule has 0 spiro atoms. The lowest BCUT2D eigenvalue weighted by Gasteiger charge is -2.12. The van der Waals surface area contributed by atoms with E-state index in [1.807, 2.05) is 6.92 Å². The number of amides is 1. The predicted molar refractivity (Wildman–Crippen MR) is 65.3 cm³/mol. The molecule has 88 valence electrons. The van der Waals surface area contributed by atoms with Crippen LogP contribution in [0.25, 0.3) is 0 Å². The Morgan fingerprint density at radius 2 is 2.06 bits per heavy atom. The molecule has 0 heterocycles. The molecule has 5 heteroatoms. The number of nitrogens with one attached hydrogen (secondary N) is 1. The van der Waals surface area contributed by atoms with Crippen LogP contribution >= 0.6 is 15.9 Å². The van der Waals surface area contributed by atoms with Crippen LogP contribution in [0.2, 0.25) is 0 Å². The van der Waals surface area contributed by atoms with E-state index in [0.717, 1.165) is 0 Å². The zero-order valence-corrected chi connectivity index (χ0v) is 11.1. The molecule has 1 rings (SSSR count). The Morgan fingerprint density at radius 1 is 1.38 bits per heavy atom. The minimum absolute atomic E-state index is 0.182. The van der Waals surface area contributed by atoms with Crippen LogP contribution in [0.4, 0.5) is 0 Å². The second-order valence-electron chi connectivity index (χ2n) is 3.05. The molecule has 0 aromatic heterocycles. The first-order chi connectivity index (χ1) is 7.63. The highest BCUT2D eigenvalue weighted by Gasteiger charge is 2.16. The average Bonchev–Trinajstić information content (AvgIpc) is 2.28. The number of hydrogen-bond donors (Lipinski definition) is 1. The fourth-order valence-corrected chi connectivity index (χ4v) is 1.92. The first kappa shape index (κ1) is 12.8. The zero-order chi connectivity index (χ0) is 12.1. The van der Waals surface area contributed by atoms with Gasteiger partial charge in [0.15, 0.2) is 0 Å². The summed E-state index contributed by atoms with van der Waals surface area (Å²) in [5, 5.41) is 2.72. The standard InChI is InChI=1S/C11H14BrNO3/c1-4-13-11(14)8-5-7(15-2)6-9(12)10(8)16-3/h5-6H,4H2,1-3H3,(H,13,14). The molecule has 16 heavy (non-hydrogen) atoms. The summed E-state index contributed by atoms with van der Waals surface area (Å²) in [7, 11) is 3.07. The van der Waals surface area contributed by atoms with Gasteiger partial charge in [0.2, 0.25) is 0 Å². The quantitative estimate of drug-likeness (QED) is 0.924. The van der Waals surface area contributed by atoms with Gasteiger partial charge in [-0.3, -0.25) is 4.79 Å². The van der Waals surface area contributed by atoms with E-state index >= 15 is 0 Å². The van der Waals surface area contributed by atoms with Gasteiger partial charge in [-0.15, -0.1) is 0 Å². The number of carbonyl (C=O) groups excluding carboxylic acids is 1. The van der Waals surface area contributed by atoms with Crippen LogP contribution < -0.4 is 14.8 Å². The van der Waals surface area contributed by atoms with Gasteiger partial charge < -0.3 is 14.8 Å². The van der Waals surface area contributed by atoms with Crippen LogP contribution in [0.15, 0.2) is 16.6 Å². The fraction of sp³-hybridized carbons (Fsp3) is 0.364. The van der Waals surface area contributed by atoms with Crippen molar-refractivity contribution in [2.45, 2.75) is 6.92 Å². The van der Waals surface area contributed by atoms with E-state index < -0.39 is 0 Å². The molecule has 0 aliphatic rings. The van der Waals surface area contributed by atoms with Crippen molar-refractivity contribution in [3.05, 3.63) is 22.2 Å². The van der Waals surface area contributed by atoms with Crippen molar-refractivity contribution in [2.24, 2.45) is 0 Å². The first-order valence-electron chi connectivity index (χ1n) is 4.83. The average molecular weight is 288 g/mol. The molecule has 1 amide bonds. The van der Waals surface area contributed by atoms with Crippen molar-refractivity contribution in [1.82, 2.24) is 5.32 Å². The zero-order valence-electron chi connectivity index (χ0n) is 9.46. The third kappa shape index (κ3) is 2.66. The largest absolute Gasteiger partial charge is 0.497 e. The Morgan fingerprint density at radius 3 is 2.56 bits per heavy atom. The molecule has 1 aromatic rings. The number of halogens is 1. The second kappa shape index (κ2) is 5.75. The lowest BCUT2D eigenvalue weighted by atomic mass is 10.1. The van der Waals surface area contributed by atoms with Gasteiger partial charge in [0, 0.05) is 6.54 Å². The van der Waals surface area contributed by atoms with E-state index in [2.05, 4.69) is 21.2 Å². The minimum Gasteiger partial charge on any atom is -0.497 e. The van der Waals surface area contributed by atoms with E-state index in [4.69, 9.17) is 9.47 Å². The topological polar surface area (TPSA) is 47.6 Å². The van der Waals surface area contributed by atoms with Gasteiger partial charge >= 0.3 is 0 Å². The van der Waals surface area contributed by atoms with Crippen molar-refractivity contribution >= 4 is 21.8 Å². The number of rotatable bonds is 4. The fourth-order valence-electron chi connectivity index (χ4n) is 1.32. The Hall–Kier alpha value is -1.23. The molecular formula is C11H14BrNO3. The molecule has 0 fully saturated rings. The Bertz CT molecular complexity index is 393. The smallest absolute Gasteiger partial charge is 0.255 e. The Balaban J connectivity index is 3.22. The molecule has 0 radical (unpaired) electrons. The maximum atomic E-state index is 11.8. The lowest BCUT2D eigenvalue weighted by molar-refractivity contribution is 0.0952. The van der Waals surface area contributed by atoms with Crippen LogP contribution in [0.3, 0.4) is 0 Å². The van der Waals surface area contributed by atoms with Gasteiger partial charge in [0.1, 0.15) is 11.5 Å². The van der Waals surface area contributed by atoms with Crippen molar-refractivity contribution in [3.63, 3.8) is 0 Å². The molecule has 0 aliphatic heterocycles. The summed E-state index contributed by atoms with van der Waals surface area (Å²) in [5.41, 5.74) is 0.454. The first-order valence-corrected chi connectivity index (χ1v) is 5.63. The molecule has 0 saturated heterocycles. The molecule has 1 N–H and O–H groups in total. The van der Waals surface area contributed by atoms with Gasteiger partial charge in [-0.25, -0.2) is 0 Å². The van der Waals surface area contributed by atoms with Crippen molar-refractivity contribution in [1.29, 1.82) is 0 Å². The monoisotopic (exact) mass is 287 g/mol. The summed E-state index contributed by atoms with van der Waals surface area (Å²) in [5.74, 6) is 0.930. The van der Waals surface area contributed by atoms with Gasteiger partial charge in [-0.05, 0) is 35.0 Å². The Labute approximate surface area is 103 Å². The Kier molecular flexibility index (Phi) is 4.61. The number of hydrogen-bond acceptors (Lipinski definition) is 3. The minimum atomic E-state index is -0.182. The van der Waals surface area contributed by atoms with Gasteiger partial charge in [-0.2, -0.15) is 0 Å². The number of methoxy groups -OCH3 is 2. The van der Waals surface area contributed by atoms with Crippen molar-refractivity contribution < 1.29 is 14.3 Å². The molecule has 0 unspecified atom stereocenters. The van der Waals surface area contributed by atoms with Gasteiger partial charge in [0.05, 0.1) is 24.3 Å². The summed E-state index contributed by atoms with van der Waals surface area (Å²) >= 11 is 3.33. The molecule has 0 bridgehead atoms. The summed E-state index contributed by atoms with van der Waals surface area (Å²) in [6.07, 6.45) is 0. The third-order valence-corrected chi connectivity index (χ3v) is 2.63. The van der Waals surface area contributed by atoms with Gasteiger partial charge in [-0.1, -0.05) is 0 Å². The number of benzene rings is 1. The molecule has 0 atom stereocenters. The molecule has 4 nitrogen and oxygen atoms in total. The number of carbonyl (C=O) groups is 1. The molecule has 0 aliphatic carbocycles. The summed E-state index contributed by atoms with van der Waals surface area (Å²) in [4.78, 5) is 11.8. The summed E-state index contributed by atoms with van der Waals surface area (Å²) < 4.78 is 11.0. The normalized spacial score (nSPS) is 9.75. The van der Waals surface area contributed by atoms with Crippen LogP contribution in [-0.4, -0.2) is 26.7 Å².